The van der Waals surface area contributed by atoms with Crippen molar-refractivity contribution in [3.8, 4) is 0 Å². The van der Waals surface area contributed by atoms with Crippen molar-refractivity contribution >= 4 is 11.6 Å². The van der Waals surface area contributed by atoms with Crippen molar-refractivity contribution < 1.29 is 9.53 Å². The van der Waals surface area contributed by atoms with E-state index in [1.807, 2.05) is 23.1 Å². The molecule has 0 unspecified atom stereocenters. The number of nitrogens with zero attached hydrogens (tertiary/aromatic N) is 1. The summed E-state index contributed by atoms with van der Waals surface area (Å²) >= 11 is 0. The van der Waals surface area contributed by atoms with Gasteiger partial charge in [-0.05, 0) is 36.6 Å². The summed E-state index contributed by atoms with van der Waals surface area (Å²) in [5.41, 5.74) is 2.27. The van der Waals surface area contributed by atoms with Gasteiger partial charge in [-0.3, -0.25) is 4.79 Å². The van der Waals surface area contributed by atoms with Crippen molar-refractivity contribution in [3.05, 3.63) is 29.8 Å². The van der Waals surface area contributed by atoms with Crippen molar-refractivity contribution in [2.24, 2.45) is 0 Å². The molecule has 0 saturated heterocycles. The third kappa shape index (κ3) is 2.25. The van der Waals surface area contributed by atoms with Crippen LogP contribution in [0, 0.1) is 6.07 Å². The van der Waals surface area contributed by atoms with Crippen LogP contribution in [0.3, 0.4) is 0 Å². The van der Waals surface area contributed by atoms with Crippen molar-refractivity contribution in [1.29, 1.82) is 0 Å². The molecule has 0 fully saturated rings. The highest BCUT2D eigenvalue weighted by Gasteiger charge is 2.22. The maximum atomic E-state index is 11.8. The molecule has 3 heteroatoms. The first-order chi connectivity index (χ1) is 7.83. The molecule has 1 amide bonds. The molecule has 1 radical (unpaired) electrons. The first kappa shape index (κ1) is 11.1. The van der Waals surface area contributed by atoms with E-state index in [0.717, 1.165) is 25.1 Å². The summed E-state index contributed by atoms with van der Waals surface area (Å²) in [6, 6.07) is 8.87. The first-order valence-corrected chi connectivity index (χ1v) is 5.61. The second kappa shape index (κ2) is 5.12. The number of rotatable bonds is 4. The lowest BCUT2D eigenvalue weighted by atomic mass is 10.0. The zero-order valence-electron chi connectivity index (χ0n) is 9.53. The minimum Gasteiger partial charge on any atom is -0.385 e. The molecule has 0 bridgehead atoms. The van der Waals surface area contributed by atoms with Gasteiger partial charge in [-0.25, -0.2) is 0 Å². The Labute approximate surface area is 96.0 Å². The molecule has 1 aliphatic heterocycles. The Balaban J connectivity index is 2.13. The molecule has 16 heavy (non-hydrogen) atoms. The van der Waals surface area contributed by atoms with Crippen molar-refractivity contribution in [3.63, 3.8) is 0 Å². The molecule has 1 heterocycles. The van der Waals surface area contributed by atoms with Crippen LogP contribution in [0.2, 0.25) is 0 Å². The zero-order valence-corrected chi connectivity index (χ0v) is 9.53. The Hall–Kier alpha value is -1.35. The molecule has 0 saturated carbocycles. The number of hydrogen-bond donors (Lipinski definition) is 0. The highest BCUT2D eigenvalue weighted by Crippen LogP contribution is 2.27. The monoisotopic (exact) mass is 218 g/mol. The van der Waals surface area contributed by atoms with E-state index in [1.54, 1.807) is 7.11 Å². The Morgan fingerprint density at radius 1 is 1.50 bits per heavy atom. The summed E-state index contributed by atoms with van der Waals surface area (Å²) in [5, 5.41) is 0. The van der Waals surface area contributed by atoms with E-state index in [0.29, 0.717) is 13.0 Å². The fourth-order valence-electron chi connectivity index (χ4n) is 2.04. The van der Waals surface area contributed by atoms with Crippen LogP contribution in [0.15, 0.2) is 18.2 Å². The van der Waals surface area contributed by atoms with E-state index in [-0.39, 0.29) is 5.91 Å². The maximum Gasteiger partial charge on any atom is 0.227 e. The molecule has 1 aliphatic rings. The normalized spacial score (nSPS) is 15.1. The van der Waals surface area contributed by atoms with Crippen LogP contribution in [0.25, 0.3) is 0 Å². The van der Waals surface area contributed by atoms with E-state index in [4.69, 9.17) is 4.74 Å². The highest BCUT2D eigenvalue weighted by molar-refractivity contribution is 5.96. The Kier molecular flexibility index (Phi) is 3.57. The largest absolute Gasteiger partial charge is 0.385 e. The number of carbonyl (C=O) groups is 1. The van der Waals surface area contributed by atoms with Crippen molar-refractivity contribution in [2.75, 3.05) is 25.2 Å². The van der Waals surface area contributed by atoms with Gasteiger partial charge in [0.1, 0.15) is 0 Å². The van der Waals surface area contributed by atoms with Crippen molar-refractivity contribution in [1.82, 2.24) is 0 Å². The van der Waals surface area contributed by atoms with Gasteiger partial charge in [-0.1, -0.05) is 6.07 Å². The zero-order chi connectivity index (χ0) is 11.4. The summed E-state index contributed by atoms with van der Waals surface area (Å²) < 4.78 is 5.01. The van der Waals surface area contributed by atoms with Crippen LogP contribution >= 0.6 is 0 Å². The third-order valence-electron chi connectivity index (χ3n) is 2.85. The van der Waals surface area contributed by atoms with Gasteiger partial charge in [0.25, 0.3) is 0 Å². The van der Waals surface area contributed by atoms with E-state index in [9.17, 15) is 4.79 Å². The van der Waals surface area contributed by atoms with E-state index >= 15 is 0 Å². The van der Waals surface area contributed by atoms with Gasteiger partial charge in [0.2, 0.25) is 5.91 Å². The van der Waals surface area contributed by atoms with Crippen LogP contribution in [0.5, 0.6) is 0 Å². The third-order valence-corrected chi connectivity index (χ3v) is 2.85. The SMILES string of the molecule is COCCCN1C(=O)CCc2c[c]ccc21. The quantitative estimate of drug-likeness (QED) is 0.721. The van der Waals surface area contributed by atoms with Crippen LogP contribution in [-0.2, 0) is 16.0 Å². The molecule has 85 valence electrons. The average Bonchev–Trinajstić information content (AvgIpc) is 2.32. The Bertz CT molecular complexity index is 376. The lowest BCUT2D eigenvalue weighted by molar-refractivity contribution is -0.118. The fraction of sp³-hybridized carbons (Fsp3) is 0.462. The number of amides is 1. The number of benzene rings is 1. The van der Waals surface area contributed by atoms with Crippen molar-refractivity contribution in [2.45, 2.75) is 19.3 Å². The Morgan fingerprint density at radius 3 is 3.19 bits per heavy atom. The predicted octanol–water partition coefficient (Wildman–Crippen LogP) is 1.80. The van der Waals surface area contributed by atoms with Gasteiger partial charge < -0.3 is 9.64 Å². The molecule has 1 aromatic carbocycles. The summed E-state index contributed by atoms with van der Waals surface area (Å²) in [4.78, 5) is 13.7. The second-order valence-electron chi connectivity index (χ2n) is 3.95. The fourth-order valence-corrected chi connectivity index (χ4v) is 2.04. The summed E-state index contributed by atoms with van der Waals surface area (Å²) in [5.74, 6) is 0.217. The lowest BCUT2D eigenvalue weighted by Crippen LogP contribution is -2.36. The predicted molar refractivity (Wildman–Crippen MR) is 62.4 cm³/mol. The molecule has 1 aromatic rings. The van der Waals surface area contributed by atoms with Gasteiger partial charge in [0.05, 0.1) is 0 Å². The first-order valence-electron chi connectivity index (χ1n) is 5.61. The summed E-state index contributed by atoms with van der Waals surface area (Å²) in [6.45, 7) is 1.43. The number of anilines is 1. The van der Waals surface area contributed by atoms with Gasteiger partial charge >= 0.3 is 0 Å². The molecular weight excluding hydrogens is 202 g/mol. The van der Waals surface area contributed by atoms with Gasteiger partial charge in [-0.2, -0.15) is 0 Å². The number of ether oxygens (including phenoxy) is 1. The number of fused-ring (bicyclic) bond motifs is 1. The number of aryl methyl sites for hydroxylation is 1. The highest BCUT2D eigenvalue weighted by atomic mass is 16.5. The number of carbonyl (C=O) groups excluding carboxylic acids is 1. The van der Waals surface area contributed by atoms with Gasteiger partial charge in [-0.15, -0.1) is 0 Å². The molecule has 0 aromatic heterocycles. The number of methoxy groups -OCH3 is 1. The minimum absolute atomic E-state index is 0.217. The molecule has 0 spiro atoms. The summed E-state index contributed by atoms with van der Waals surface area (Å²) in [7, 11) is 1.68. The molecule has 2 rings (SSSR count). The topological polar surface area (TPSA) is 29.5 Å². The van der Waals surface area contributed by atoms with Gasteiger partial charge in [0.15, 0.2) is 0 Å². The van der Waals surface area contributed by atoms with Crippen LogP contribution in [0.4, 0.5) is 5.69 Å². The molecule has 0 aliphatic carbocycles. The van der Waals surface area contributed by atoms with Gasteiger partial charge in [0, 0.05) is 32.4 Å². The maximum absolute atomic E-state index is 11.8. The second-order valence-corrected chi connectivity index (χ2v) is 3.95. The van der Waals surface area contributed by atoms with Crippen LogP contribution in [0.1, 0.15) is 18.4 Å². The molecular formula is C13H16NO2. The van der Waals surface area contributed by atoms with E-state index < -0.39 is 0 Å². The molecule has 3 nitrogen and oxygen atoms in total. The standard InChI is InChI=1S/C13H16NO2/c1-16-10-4-9-14-12-6-3-2-5-11(12)7-8-13(14)15/h3,5-6H,4,7-10H2,1H3. The summed E-state index contributed by atoms with van der Waals surface area (Å²) in [6.07, 6.45) is 2.32. The molecule has 0 atom stereocenters. The Morgan fingerprint density at radius 2 is 2.38 bits per heavy atom. The minimum atomic E-state index is 0.217. The number of hydrogen-bond acceptors (Lipinski definition) is 2. The van der Waals surface area contributed by atoms with Crippen LogP contribution < -0.4 is 4.90 Å². The van der Waals surface area contributed by atoms with E-state index in [2.05, 4.69) is 6.07 Å². The smallest absolute Gasteiger partial charge is 0.227 e. The molecule has 0 N–H and O–H groups in total. The lowest BCUT2D eigenvalue weighted by Gasteiger charge is -2.29. The van der Waals surface area contributed by atoms with E-state index in [1.165, 1.54) is 5.56 Å². The average molecular weight is 218 g/mol. The van der Waals surface area contributed by atoms with Crippen LogP contribution in [-0.4, -0.2) is 26.2 Å².